The Labute approximate surface area is 122 Å². The summed E-state index contributed by atoms with van der Waals surface area (Å²) in [6, 6.07) is 4.90. The molecular formula is C13H15Cl2NO3. The molecule has 0 saturated carbocycles. The Morgan fingerprint density at radius 1 is 1.32 bits per heavy atom. The molecule has 4 nitrogen and oxygen atoms in total. The van der Waals surface area contributed by atoms with E-state index in [0.29, 0.717) is 15.6 Å². The molecule has 0 unspecified atom stereocenters. The van der Waals surface area contributed by atoms with Crippen molar-refractivity contribution in [1.29, 1.82) is 0 Å². The Balaban J connectivity index is 2.73. The Bertz CT molecular complexity index is 501. The Morgan fingerprint density at radius 3 is 2.47 bits per heavy atom. The number of carbonyl (C=O) groups is 2. The van der Waals surface area contributed by atoms with Gasteiger partial charge in [0.15, 0.2) is 0 Å². The molecule has 0 aliphatic carbocycles. The van der Waals surface area contributed by atoms with Crippen LogP contribution in [0.1, 0.15) is 19.4 Å². The Morgan fingerprint density at radius 2 is 1.95 bits per heavy atom. The van der Waals surface area contributed by atoms with Crippen molar-refractivity contribution in [3.63, 3.8) is 0 Å². The van der Waals surface area contributed by atoms with Gasteiger partial charge in [-0.2, -0.15) is 0 Å². The lowest BCUT2D eigenvalue weighted by Gasteiger charge is -2.23. The Kier molecular flexibility index (Phi) is 5.20. The number of benzene rings is 1. The summed E-state index contributed by atoms with van der Waals surface area (Å²) in [4.78, 5) is 23.3. The highest BCUT2D eigenvalue weighted by Crippen LogP contribution is 2.21. The van der Waals surface area contributed by atoms with Crippen LogP contribution in [0.15, 0.2) is 18.2 Å². The van der Waals surface area contributed by atoms with E-state index >= 15 is 0 Å². The van der Waals surface area contributed by atoms with E-state index in [1.807, 2.05) is 0 Å². The van der Waals surface area contributed by atoms with Gasteiger partial charge in [0, 0.05) is 10.0 Å². The van der Waals surface area contributed by atoms with Crippen molar-refractivity contribution in [2.24, 2.45) is 0 Å². The fourth-order valence-electron chi connectivity index (χ4n) is 1.54. The number of methoxy groups -OCH3 is 1. The molecule has 1 amide bonds. The summed E-state index contributed by atoms with van der Waals surface area (Å²) in [6.45, 7) is 3.14. The van der Waals surface area contributed by atoms with E-state index in [1.54, 1.807) is 32.0 Å². The van der Waals surface area contributed by atoms with Crippen LogP contribution in [0.4, 0.5) is 0 Å². The first-order chi connectivity index (χ1) is 8.76. The van der Waals surface area contributed by atoms with Crippen LogP contribution in [0, 0.1) is 0 Å². The summed E-state index contributed by atoms with van der Waals surface area (Å²) in [5, 5.41) is 3.51. The highest BCUT2D eigenvalue weighted by atomic mass is 35.5. The second-order valence-corrected chi connectivity index (χ2v) is 5.42. The normalized spacial score (nSPS) is 11.0. The molecule has 1 aromatic carbocycles. The molecule has 1 N–H and O–H groups in total. The molecule has 0 aliphatic rings. The first-order valence-corrected chi connectivity index (χ1v) is 6.35. The number of carbonyl (C=O) groups excluding carboxylic acids is 2. The van der Waals surface area contributed by atoms with Gasteiger partial charge in [-0.3, -0.25) is 4.79 Å². The van der Waals surface area contributed by atoms with Crippen LogP contribution < -0.4 is 5.32 Å². The maximum absolute atomic E-state index is 11.9. The van der Waals surface area contributed by atoms with Crippen molar-refractivity contribution in [2.45, 2.75) is 25.8 Å². The van der Waals surface area contributed by atoms with E-state index in [9.17, 15) is 9.59 Å². The zero-order chi connectivity index (χ0) is 14.6. The summed E-state index contributed by atoms with van der Waals surface area (Å²) < 4.78 is 4.61. The maximum atomic E-state index is 11.9. The molecule has 0 spiro atoms. The first kappa shape index (κ1) is 15.8. The molecule has 0 atom stereocenters. The van der Waals surface area contributed by atoms with Gasteiger partial charge in [-0.25, -0.2) is 4.79 Å². The van der Waals surface area contributed by atoms with Crippen LogP contribution in [0.3, 0.4) is 0 Å². The second-order valence-electron chi connectivity index (χ2n) is 4.58. The fourth-order valence-corrected chi connectivity index (χ4v) is 2.01. The summed E-state index contributed by atoms with van der Waals surface area (Å²) in [5.41, 5.74) is -0.436. The third-order valence-electron chi connectivity index (χ3n) is 2.51. The topological polar surface area (TPSA) is 55.4 Å². The average Bonchev–Trinajstić information content (AvgIpc) is 2.31. The van der Waals surface area contributed by atoms with Gasteiger partial charge < -0.3 is 10.1 Å². The van der Waals surface area contributed by atoms with Crippen molar-refractivity contribution in [1.82, 2.24) is 5.32 Å². The molecule has 0 heterocycles. The van der Waals surface area contributed by atoms with Crippen LogP contribution in [-0.4, -0.2) is 24.5 Å². The molecule has 0 aromatic heterocycles. The molecule has 1 aromatic rings. The minimum atomic E-state index is -1.08. The van der Waals surface area contributed by atoms with Crippen molar-refractivity contribution in [2.75, 3.05) is 7.11 Å². The molecule has 0 saturated heterocycles. The van der Waals surface area contributed by atoms with Crippen LogP contribution in [0.25, 0.3) is 0 Å². The predicted molar refractivity (Wildman–Crippen MR) is 74.4 cm³/mol. The summed E-state index contributed by atoms with van der Waals surface area (Å²) >= 11 is 11.8. The molecule has 0 fully saturated rings. The summed E-state index contributed by atoms with van der Waals surface area (Å²) in [7, 11) is 1.27. The van der Waals surface area contributed by atoms with Gasteiger partial charge in [-0.15, -0.1) is 0 Å². The number of ether oxygens (including phenoxy) is 1. The van der Waals surface area contributed by atoms with E-state index in [1.165, 1.54) is 7.11 Å². The van der Waals surface area contributed by atoms with Crippen LogP contribution in [0.5, 0.6) is 0 Å². The van der Waals surface area contributed by atoms with Crippen molar-refractivity contribution < 1.29 is 14.3 Å². The zero-order valence-electron chi connectivity index (χ0n) is 10.9. The number of nitrogens with one attached hydrogen (secondary N) is 1. The molecule has 19 heavy (non-hydrogen) atoms. The lowest BCUT2D eigenvalue weighted by atomic mass is 10.0. The van der Waals surface area contributed by atoms with E-state index in [2.05, 4.69) is 10.1 Å². The van der Waals surface area contributed by atoms with Gasteiger partial charge in [0.1, 0.15) is 5.54 Å². The zero-order valence-corrected chi connectivity index (χ0v) is 12.4. The average molecular weight is 304 g/mol. The number of amides is 1. The van der Waals surface area contributed by atoms with Crippen LogP contribution in [-0.2, 0) is 20.7 Å². The fraction of sp³-hybridized carbons (Fsp3) is 0.385. The molecule has 0 aliphatic heterocycles. The third-order valence-corrected chi connectivity index (χ3v) is 3.10. The highest BCUT2D eigenvalue weighted by Gasteiger charge is 2.30. The van der Waals surface area contributed by atoms with E-state index in [4.69, 9.17) is 23.2 Å². The van der Waals surface area contributed by atoms with Gasteiger partial charge in [0.25, 0.3) is 0 Å². The number of halogens is 2. The molecule has 6 heteroatoms. The lowest BCUT2D eigenvalue weighted by molar-refractivity contribution is -0.149. The van der Waals surface area contributed by atoms with Crippen molar-refractivity contribution >= 4 is 35.1 Å². The van der Waals surface area contributed by atoms with E-state index in [-0.39, 0.29) is 12.3 Å². The van der Waals surface area contributed by atoms with Crippen LogP contribution in [0.2, 0.25) is 10.0 Å². The minimum Gasteiger partial charge on any atom is -0.467 e. The number of esters is 1. The van der Waals surface area contributed by atoms with Gasteiger partial charge in [0.05, 0.1) is 13.5 Å². The largest absolute Gasteiger partial charge is 0.467 e. The molecular weight excluding hydrogens is 289 g/mol. The van der Waals surface area contributed by atoms with Gasteiger partial charge in [-0.05, 0) is 31.5 Å². The lowest BCUT2D eigenvalue weighted by Crippen LogP contribution is -2.50. The Hall–Kier alpha value is -1.26. The predicted octanol–water partition coefficient (Wildman–Crippen LogP) is 2.60. The molecule has 1 rings (SSSR count). The highest BCUT2D eigenvalue weighted by molar-refractivity contribution is 6.35. The van der Waals surface area contributed by atoms with E-state index < -0.39 is 11.5 Å². The molecule has 0 bridgehead atoms. The second kappa shape index (κ2) is 6.26. The maximum Gasteiger partial charge on any atom is 0.330 e. The van der Waals surface area contributed by atoms with Gasteiger partial charge in [-0.1, -0.05) is 29.3 Å². The van der Waals surface area contributed by atoms with Gasteiger partial charge >= 0.3 is 5.97 Å². The van der Waals surface area contributed by atoms with Crippen LogP contribution >= 0.6 is 23.2 Å². The SMILES string of the molecule is COC(=O)C(C)(C)NC(=O)Cc1ccc(Cl)cc1Cl. The van der Waals surface area contributed by atoms with E-state index in [0.717, 1.165) is 0 Å². The summed E-state index contributed by atoms with van der Waals surface area (Å²) in [6.07, 6.45) is 0.0659. The number of hydrogen-bond donors (Lipinski definition) is 1. The number of rotatable bonds is 4. The minimum absolute atomic E-state index is 0.0659. The quantitative estimate of drug-likeness (QED) is 0.870. The monoisotopic (exact) mass is 303 g/mol. The molecule has 104 valence electrons. The van der Waals surface area contributed by atoms with Crippen molar-refractivity contribution in [3.8, 4) is 0 Å². The molecule has 0 radical (unpaired) electrons. The van der Waals surface area contributed by atoms with Gasteiger partial charge in [0.2, 0.25) is 5.91 Å². The third kappa shape index (κ3) is 4.40. The van der Waals surface area contributed by atoms with Crippen molar-refractivity contribution in [3.05, 3.63) is 33.8 Å². The smallest absolute Gasteiger partial charge is 0.330 e. The standard InChI is InChI=1S/C13H15Cl2NO3/c1-13(2,12(18)19-3)16-11(17)6-8-4-5-9(14)7-10(8)15/h4-5,7H,6H2,1-3H3,(H,16,17). The number of hydrogen-bond acceptors (Lipinski definition) is 3. The first-order valence-electron chi connectivity index (χ1n) is 5.59. The summed E-state index contributed by atoms with van der Waals surface area (Å²) in [5.74, 6) is -0.831.